The Labute approximate surface area is 265 Å². The summed E-state index contributed by atoms with van der Waals surface area (Å²) in [5.41, 5.74) is 1.05. The second-order valence-corrected chi connectivity index (χ2v) is 10.7. The first-order valence-electron chi connectivity index (χ1n) is 14.8. The lowest BCUT2D eigenvalue weighted by molar-refractivity contribution is -0.113. The molecule has 0 unspecified atom stereocenters. The van der Waals surface area contributed by atoms with Crippen LogP contribution in [-0.4, -0.2) is 63.1 Å². The first kappa shape index (κ1) is 34.2. The van der Waals surface area contributed by atoms with Crippen molar-refractivity contribution in [3.8, 4) is 17.2 Å². The second kappa shape index (κ2) is 15.6. The maximum Gasteiger partial charge on any atom is 0.251 e. The van der Waals surface area contributed by atoms with E-state index >= 15 is 0 Å². The number of nitrogens with zero attached hydrogens (tertiary/aromatic N) is 1. The average Bonchev–Trinajstić information content (AvgIpc) is 3.04. The van der Waals surface area contributed by atoms with Gasteiger partial charge in [0, 0.05) is 29.3 Å². The van der Waals surface area contributed by atoms with E-state index in [4.69, 9.17) is 14.2 Å². The van der Waals surface area contributed by atoms with Crippen molar-refractivity contribution in [1.82, 2.24) is 10.2 Å². The predicted octanol–water partition coefficient (Wildman–Crippen LogP) is 6.61. The number of benzene rings is 3. The average molecular weight is 641 g/mol. The van der Waals surface area contributed by atoms with Crippen LogP contribution in [0, 0.1) is 23.3 Å². The molecule has 46 heavy (non-hydrogen) atoms. The van der Waals surface area contributed by atoms with Crippen LogP contribution in [0.15, 0.2) is 59.7 Å². The first-order valence-corrected chi connectivity index (χ1v) is 14.8. The number of nitrogens with one attached hydrogen (secondary N) is 1. The van der Waals surface area contributed by atoms with Gasteiger partial charge in [0.15, 0.2) is 28.9 Å². The second-order valence-electron chi connectivity index (χ2n) is 10.7. The van der Waals surface area contributed by atoms with Crippen molar-refractivity contribution in [2.75, 3.05) is 40.5 Å². The standard InChI is InChI=1S/C35H36F4N2O5/c1-5-41(6-2)11-12-46-27-9-7-23(8-10-27)35(43)40-26-19-24(13-21-15-28(36)32(38)30(17-21)44-3)34(42)25(20-26)14-22-16-29(37)33(39)31(18-22)45-4/h7-10,13-18,26H,5-6,11-12,19-20H2,1-4H3,(H,40,43)/b24-13+,25-14+. The zero-order valence-electron chi connectivity index (χ0n) is 26.1. The SMILES string of the molecule is CCN(CC)CCOc1ccc(C(=O)NC2C/C(=C\c3cc(F)c(F)c(OC)c3)C(=O)/C(=C/c3cc(F)c(F)c(OC)c3)C2)cc1. The van der Waals surface area contributed by atoms with E-state index in [2.05, 4.69) is 24.1 Å². The summed E-state index contributed by atoms with van der Waals surface area (Å²) in [4.78, 5) is 29.1. The Hall–Kier alpha value is -4.64. The number of halogens is 4. The minimum absolute atomic E-state index is 0.0663. The highest BCUT2D eigenvalue weighted by Crippen LogP contribution is 2.32. The molecule has 1 N–H and O–H groups in total. The molecule has 1 saturated carbocycles. The van der Waals surface area contributed by atoms with Gasteiger partial charge in [0.1, 0.15) is 12.4 Å². The fourth-order valence-electron chi connectivity index (χ4n) is 5.18. The van der Waals surface area contributed by atoms with Gasteiger partial charge in [-0.05, 0) is 97.7 Å². The molecule has 3 aromatic rings. The smallest absolute Gasteiger partial charge is 0.251 e. The molecule has 1 fully saturated rings. The van der Waals surface area contributed by atoms with E-state index in [1.54, 1.807) is 24.3 Å². The van der Waals surface area contributed by atoms with Crippen LogP contribution < -0.4 is 19.5 Å². The number of methoxy groups -OCH3 is 2. The van der Waals surface area contributed by atoms with Crippen LogP contribution in [0.2, 0.25) is 0 Å². The summed E-state index contributed by atoms with van der Waals surface area (Å²) in [7, 11) is 2.38. The van der Waals surface area contributed by atoms with Gasteiger partial charge in [-0.25, -0.2) is 8.78 Å². The third-order valence-electron chi connectivity index (χ3n) is 7.69. The van der Waals surface area contributed by atoms with Gasteiger partial charge >= 0.3 is 0 Å². The molecule has 1 aliphatic carbocycles. The molecule has 0 radical (unpaired) electrons. The molecule has 0 saturated heterocycles. The Morgan fingerprint density at radius 2 is 1.35 bits per heavy atom. The molecule has 4 rings (SSSR count). The van der Waals surface area contributed by atoms with Crippen molar-refractivity contribution in [3.05, 3.63) is 99.6 Å². The van der Waals surface area contributed by atoms with Gasteiger partial charge in [0.25, 0.3) is 5.91 Å². The molecule has 0 bridgehead atoms. The largest absolute Gasteiger partial charge is 0.494 e. The molecule has 0 atom stereocenters. The fraction of sp³-hybridized carbons (Fsp3) is 0.314. The minimum atomic E-state index is -1.17. The summed E-state index contributed by atoms with van der Waals surface area (Å²) in [6, 6.07) is 10.4. The highest BCUT2D eigenvalue weighted by molar-refractivity contribution is 6.14. The number of likely N-dealkylation sites (N-methyl/N-ethyl adjacent to an activating group) is 1. The van der Waals surface area contributed by atoms with Gasteiger partial charge in [-0.1, -0.05) is 13.8 Å². The van der Waals surface area contributed by atoms with Crippen molar-refractivity contribution >= 4 is 23.8 Å². The number of amides is 1. The van der Waals surface area contributed by atoms with Crippen molar-refractivity contribution < 1.29 is 41.4 Å². The maximum absolute atomic E-state index is 14.3. The Morgan fingerprint density at radius 3 is 1.80 bits per heavy atom. The van der Waals surface area contributed by atoms with Gasteiger partial charge in [-0.2, -0.15) is 8.78 Å². The third kappa shape index (κ3) is 8.33. The predicted molar refractivity (Wildman–Crippen MR) is 167 cm³/mol. The topological polar surface area (TPSA) is 77.1 Å². The molecule has 0 aromatic heterocycles. The third-order valence-corrected chi connectivity index (χ3v) is 7.69. The van der Waals surface area contributed by atoms with Crippen LogP contribution in [0.3, 0.4) is 0 Å². The van der Waals surface area contributed by atoms with Crippen molar-refractivity contribution in [1.29, 1.82) is 0 Å². The van der Waals surface area contributed by atoms with Crippen LogP contribution in [-0.2, 0) is 4.79 Å². The normalized spacial score (nSPS) is 16.6. The quantitative estimate of drug-likeness (QED) is 0.178. The highest BCUT2D eigenvalue weighted by Gasteiger charge is 2.30. The molecular weight excluding hydrogens is 604 g/mol. The maximum atomic E-state index is 14.3. The van der Waals surface area contributed by atoms with Crippen molar-refractivity contribution in [2.24, 2.45) is 0 Å². The van der Waals surface area contributed by atoms with E-state index in [0.717, 1.165) is 31.8 Å². The highest BCUT2D eigenvalue weighted by atomic mass is 19.2. The molecular formula is C35H36F4N2O5. The van der Waals surface area contributed by atoms with Gasteiger partial charge in [-0.3, -0.25) is 9.59 Å². The zero-order valence-corrected chi connectivity index (χ0v) is 26.1. The number of Topliss-reactive ketones (excluding diaryl/α,β-unsaturated/α-hetero) is 1. The minimum Gasteiger partial charge on any atom is -0.494 e. The lowest BCUT2D eigenvalue weighted by Crippen LogP contribution is -2.39. The van der Waals surface area contributed by atoms with E-state index in [9.17, 15) is 27.2 Å². The molecule has 7 nitrogen and oxygen atoms in total. The summed E-state index contributed by atoms with van der Waals surface area (Å²) in [5, 5.41) is 2.93. The summed E-state index contributed by atoms with van der Waals surface area (Å²) in [6.07, 6.45) is 2.90. The van der Waals surface area contributed by atoms with Gasteiger partial charge in [0.2, 0.25) is 11.6 Å². The lowest BCUT2D eigenvalue weighted by Gasteiger charge is -2.27. The number of carbonyl (C=O) groups excluding carboxylic acids is 2. The van der Waals surface area contributed by atoms with Crippen LogP contribution >= 0.6 is 0 Å². The molecule has 0 spiro atoms. The number of hydrogen-bond acceptors (Lipinski definition) is 6. The number of ketones is 1. The molecule has 0 aliphatic heterocycles. The van der Waals surface area contributed by atoms with Crippen LogP contribution in [0.1, 0.15) is 48.2 Å². The molecule has 11 heteroatoms. The Kier molecular flexibility index (Phi) is 11.6. The number of ether oxygens (including phenoxy) is 3. The Morgan fingerprint density at radius 1 is 0.848 bits per heavy atom. The van der Waals surface area contributed by atoms with E-state index in [0.29, 0.717) is 17.9 Å². The van der Waals surface area contributed by atoms with Crippen LogP contribution in [0.4, 0.5) is 17.6 Å². The van der Waals surface area contributed by atoms with E-state index in [1.807, 2.05) is 0 Å². The fourth-order valence-corrected chi connectivity index (χ4v) is 5.18. The van der Waals surface area contributed by atoms with E-state index in [-0.39, 0.29) is 46.6 Å². The number of carbonyl (C=O) groups is 2. The number of hydrogen-bond donors (Lipinski definition) is 1. The monoisotopic (exact) mass is 640 g/mol. The first-order chi connectivity index (χ1) is 22.1. The summed E-state index contributed by atoms with van der Waals surface area (Å²) < 4.78 is 72.3. The van der Waals surface area contributed by atoms with Gasteiger partial charge in [0.05, 0.1) is 14.2 Å². The van der Waals surface area contributed by atoms with Gasteiger partial charge in [-0.15, -0.1) is 0 Å². The molecule has 3 aromatic carbocycles. The van der Waals surface area contributed by atoms with E-state index in [1.165, 1.54) is 38.5 Å². The summed E-state index contributed by atoms with van der Waals surface area (Å²) in [5.74, 6) is -5.59. The van der Waals surface area contributed by atoms with E-state index < -0.39 is 41.0 Å². The molecule has 1 amide bonds. The zero-order chi connectivity index (χ0) is 33.4. The van der Waals surface area contributed by atoms with Crippen LogP contribution in [0.25, 0.3) is 12.2 Å². The molecule has 1 aliphatic rings. The molecule has 244 valence electrons. The molecule has 0 heterocycles. The summed E-state index contributed by atoms with van der Waals surface area (Å²) >= 11 is 0. The van der Waals surface area contributed by atoms with Crippen LogP contribution in [0.5, 0.6) is 17.2 Å². The Bertz CT molecular complexity index is 1550. The number of rotatable bonds is 12. The van der Waals surface area contributed by atoms with Gasteiger partial charge < -0.3 is 24.4 Å². The lowest BCUT2D eigenvalue weighted by atomic mass is 9.83. The van der Waals surface area contributed by atoms with Crippen molar-refractivity contribution in [3.63, 3.8) is 0 Å². The van der Waals surface area contributed by atoms with Crippen molar-refractivity contribution in [2.45, 2.75) is 32.7 Å². The Balaban J connectivity index is 1.60. The summed E-state index contributed by atoms with van der Waals surface area (Å²) in [6.45, 7) is 7.27.